The predicted molar refractivity (Wildman–Crippen MR) is 77.6 cm³/mol. The van der Waals surface area contributed by atoms with Crippen LogP contribution in [0.2, 0.25) is 0 Å². The molecule has 1 fully saturated rings. The molecule has 0 aliphatic carbocycles. The number of carbonyl (C=O) groups is 1. The van der Waals surface area contributed by atoms with Crippen molar-refractivity contribution in [2.45, 2.75) is 33.0 Å². The highest BCUT2D eigenvalue weighted by molar-refractivity contribution is 5.94. The molecule has 2 rings (SSSR count). The number of carbonyl (C=O) groups excluding carboxylic acids is 1. The second kappa shape index (κ2) is 6.37. The molecule has 0 saturated carbocycles. The molecule has 0 spiro atoms. The zero-order chi connectivity index (χ0) is 14.6. The van der Waals surface area contributed by atoms with Gasteiger partial charge in [0, 0.05) is 18.5 Å². The van der Waals surface area contributed by atoms with Gasteiger partial charge in [0.05, 0.1) is 13.2 Å². The fourth-order valence-electron chi connectivity index (χ4n) is 2.45. The molecule has 1 unspecified atom stereocenters. The Morgan fingerprint density at radius 1 is 1.30 bits per heavy atom. The van der Waals surface area contributed by atoms with Gasteiger partial charge < -0.3 is 14.8 Å². The number of nitrogens with one attached hydrogen (secondary N) is 1. The van der Waals surface area contributed by atoms with E-state index < -0.39 is 5.79 Å². The van der Waals surface area contributed by atoms with Gasteiger partial charge in [-0.25, -0.2) is 0 Å². The molecule has 1 aliphatic rings. The van der Waals surface area contributed by atoms with E-state index in [1.165, 1.54) is 0 Å². The second-order valence-corrected chi connectivity index (χ2v) is 5.72. The molecule has 4 nitrogen and oxygen atoms in total. The van der Waals surface area contributed by atoms with Crippen molar-refractivity contribution in [2.24, 2.45) is 5.92 Å². The summed E-state index contributed by atoms with van der Waals surface area (Å²) >= 11 is 0. The molecule has 1 N–H and O–H groups in total. The van der Waals surface area contributed by atoms with Gasteiger partial charge in [0.15, 0.2) is 5.79 Å². The van der Waals surface area contributed by atoms with E-state index in [0.717, 1.165) is 12.0 Å². The van der Waals surface area contributed by atoms with E-state index in [1.807, 2.05) is 38.1 Å². The smallest absolute Gasteiger partial charge is 0.251 e. The topological polar surface area (TPSA) is 47.6 Å². The summed E-state index contributed by atoms with van der Waals surface area (Å²) in [7, 11) is 0. The first-order valence-electron chi connectivity index (χ1n) is 7.11. The quantitative estimate of drug-likeness (QED) is 0.899. The highest BCUT2D eigenvalue weighted by Crippen LogP contribution is 2.26. The van der Waals surface area contributed by atoms with Crippen molar-refractivity contribution in [1.29, 1.82) is 0 Å². The summed E-state index contributed by atoms with van der Waals surface area (Å²) in [6.45, 7) is 7.98. The minimum atomic E-state index is -0.492. The Hall–Kier alpha value is -1.39. The van der Waals surface area contributed by atoms with Crippen LogP contribution in [0.15, 0.2) is 24.3 Å². The van der Waals surface area contributed by atoms with Crippen LogP contribution in [0.1, 0.15) is 36.2 Å². The molecule has 1 aromatic carbocycles. The highest BCUT2D eigenvalue weighted by Gasteiger charge is 2.32. The summed E-state index contributed by atoms with van der Waals surface area (Å²) in [5.74, 6) is -0.226. The van der Waals surface area contributed by atoms with Crippen molar-refractivity contribution in [1.82, 2.24) is 5.32 Å². The fourth-order valence-corrected chi connectivity index (χ4v) is 2.45. The van der Waals surface area contributed by atoms with Crippen molar-refractivity contribution < 1.29 is 14.3 Å². The summed E-state index contributed by atoms with van der Waals surface area (Å²) in [6.07, 6.45) is 0.779. The van der Waals surface area contributed by atoms with Gasteiger partial charge in [-0.2, -0.15) is 0 Å². The standard InChI is InChI=1S/C16H23NO3/c1-12-4-6-14(7-5-12)15(18)17-11-13(2)10-16(3)19-8-9-20-16/h4-7,13H,8-11H2,1-3H3,(H,17,18). The van der Waals surface area contributed by atoms with Crippen LogP contribution < -0.4 is 5.32 Å². The Morgan fingerprint density at radius 3 is 2.50 bits per heavy atom. The third kappa shape index (κ3) is 4.05. The number of ether oxygens (including phenoxy) is 2. The van der Waals surface area contributed by atoms with Gasteiger partial charge in [0.1, 0.15) is 0 Å². The highest BCUT2D eigenvalue weighted by atomic mass is 16.7. The van der Waals surface area contributed by atoms with Crippen LogP contribution in [0.25, 0.3) is 0 Å². The van der Waals surface area contributed by atoms with Crippen LogP contribution >= 0.6 is 0 Å². The Labute approximate surface area is 120 Å². The molecule has 0 bridgehead atoms. The average molecular weight is 277 g/mol. The first kappa shape index (κ1) is 15.0. The molecule has 0 aromatic heterocycles. The number of hydrogen-bond donors (Lipinski definition) is 1. The molecular formula is C16H23NO3. The normalized spacial score (nSPS) is 18.8. The summed E-state index contributed by atoms with van der Waals surface area (Å²) < 4.78 is 11.2. The van der Waals surface area contributed by atoms with Crippen LogP contribution in [0.3, 0.4) is 0 Å². The lowest BCUT2D eigenvalue weighted by Crippen LogP contribution is -2.34. The Bertz CT molecular complexity index is 449. The molecule has 110 valence electrons. The van der Waals surface area contributed by atoms with E-state index in [2.05, 4.69) is 12.2 Å². The van der Waals surface area contributed by atoms with Gasteiger partial charge in [0.25, 0.3) is 5.91 Å². The summed E-state index contributed by atoms with van der Waals surface area (Å²) in [4.78, 5) is 12.0. The average Bonchev–Trinajstić information content (AvgIpc) is 2.83. The van der Waals surface area contributed by atoms with E-state index in [1.54, 1.807) is 0 Å². The number of benzene rings is 1. The van der Waals surface area contributed by atoms with Crippen molar-refractivity contribution in [2.75, 3.05) is 19.8 Å². The summed E-state index contributed by atoms with van der Waals surface area (Å²) in [6, 6.07) is 7.58. The van der Waals surface area contributed by atoms with Gasteiger partial charge in [-0.3, -0.25) is 4.79 Å². The van der Waals surface area contributed by atoms with Gasteiger partial charge >= 0.3 is 0 Å². The Balaban J connectivity index is 1.79. The molecule has 1 amide bonds. The van der Waals surface area contributed by atoms with Crippen LogP contribution in [0.4, 0.5) is 0 Å². The van der Waals surface area contributed by atoms with Crippen molar-refractivity contribution in [3.05, 3.63) is 35.4 Å². The maximum absolute atomic E-state index is 12.0. The molecule has 1 saturated heterocycles. The van der Waals surface area contributed by atoms with E-state index in [-0.39, 0.29) is 5.91 Å². The van der Waals surface area contributed by atoms with Crippen molar-refractivity contribution >= 4 is 5.91 Å². The molecule has 1 aromatic rings. The molecule has 20 heavy (non-hydrogen) atoms. The maximum Gasteiger partial charge on any atom is 0.251 e. The van der Waals surface area contributed by atoms with Gasteiger partial charge in [-0.05, 0) is 31.9 Å². The molecular weight excluding hydrogens is 254 g/mol. The number of aryl methyl sites for hydroxylation is 1. The molecule has 1 aliphatic heterocycles. The van der Waals surface area contributed by atoms with Crippen LogP contribution in [0.5, 0.6) is 0 Å². The molecule has 1 atom stereocenters. The maximum atomic E-state index is 12.0. The second-order valence-electron chi connectivity index (χ2n) is 5.72. The fraction of sp³-hybridized carbons (Fsp3) is 0.562. The Kier molecular flexibility index (Phi) is 4.78. The first-order valence-corrected chi connectivity index (χ1v) is 7.11. The van der Waals surface area contributed by atoms with E-state index in [9.17, 15) is 4.79 Å². The summed E-state index contributed by atoms with van der Waals surface area (Å²) in [5, 5.41) is 2.96. The van der Waals surface area contributed by atoms with Crippen LogP contribution in [-0.2, 0) is 9.47 Å². The molecule has 1 heterocycles. The zero-order valence-corrected chi connectivity index (χ0v) is 12.4. The van der Waals surface area contributed by atoms with Gasteiger partial charge in [-0.15, -0.1) is 0 Å². The molecule has 0 radical (unpaired) electrons. The van der Waals surface area contributed by atoms with Gasteiger partial charge in [-0.1, -0.05) is 24.6 Å². The number of amides is 1. The first-order chi connectivity index (χ1) is 9.48. The van der Waals surface area contributed by atoms with E-state index in [4.69, 9.17) is 9.47 Å². The van der Waals surface area contributed by atoms with Crippen LogP contribution in [-0.4, -0.2) is 31.5 Å². The lowest BCUT2D eigenvalue weighted by atomic mass is 10.0. The molecule has 4 heteroatoms. The summed E-state index contributed by atoms with van der Waals surface area (Å²) in [5.41, 5.74) is 1.85. The minimum Gasteiger partial charge on any atom is -0.352 e. The Morgan fingerprint density at radius 2 is 1.90 bits per heavy atom. The number of rotatable bonds is 5. The predicted octanol–water partition coefficient (Wildman–Crippen LogP) is 2.51. The van der Waals surface area contributed by atoms with Crippen molar-refractivity contribution in [3.63, 3.8) is 0 Å². The van der Waals surface area contributed by atoms with E-state index in [0.29, 0.717) is 31.2 Å². The third-order valence-corrected chi connectivity index (χ3v) is 3.54. The monoisotopic (exact) mass is 277 g/mol. The lowest BCUT2D eigenvalue weighted by molar-refractivity contribution is -0.153. The van der Waals surface area contributed by atoms with Crippen molar-refractivity contribution in [3.8, 4) is 0 Å². The minimum absolute atomic E-state index is 0.0322. The SMILES string of the molecule is Cc1ccc(C(=O)NCC(C)CC2(C)OCCO2)cc1. The largest absolute Gasteiger partial charge is 0.352 e. The lowest BCUT2D eigenvalue weighted by Gasteiger charge is -2.26. The zero-order valence-electron chi connectivity index (χ0n) is 12.4. The third-order valence-electron chi connectivity index (χ3n) is 3.54. The number of hydrogen-bond acceptors (Lipinski definition) is 3. The van der Waals surface area contributed by atoms with Gasteiger partial charge in [0.2, 0.25) is 0 Å². The van der Waals surface area contributed by atoms with E-state index >= 15 is 0 Å². The van der Waals surface area contributed by atoms with Crippen LogP contribution in [0, 0.1) is 12.8 Å².